The van der Waals surface area contributed by atoms with Gasteiger partial charge in [0, 0.05) is 36.2 Å². The van der Waals surface area contributed by atoms with Crippen LogP contribution in [0.15, 0.2) is 64.8 Å². The summed E-state index contributed by atoms with van der Waals surface area (Å²) in [5.74, 6) is 0.513. The van der Waals surface area contributed by atoms with Gasteiger partial charge in [-0.3, -0.25) is 14.2 Å². The highest BCUT2D eigenvalue weighted by molar-refractivity contribution is 7.98. The van der Waals surface area contributed by atoms with Crippen LogP contribution in [0.3, 0.4) is 0 Å². The van der Waals surface area contributed by atoms with Gasteiger partial charge in [0.15, 0.2) is 5.16 Å². The number of hydrogen-bond donors (Lipinski definition) is 1. The number of pyridine rings is 1. The predicted octanol–water partition coefficient (Wildman–Crippen LogP) is 2.02. The fourth-order valence-corrected chi connectivity index (χ4v) is 3.58. The number of nitrogens with zero attached hydrogens (tertiary/aromatic N) is 3. The number of amides is 1. The number of rotatable bonds is 8. The smallest absolute Gasteiger partial charge is 0.258 e. The van der Waals surface area contributed by atoms with Gasteiger partial charge in [0.25, 0.3) is 5.56 Å². The van der Waals surface area contributed by atoms with Crippen molar-refractivity contribution in [3.8, 4) is 5.88 Å². The summed E-state index contributed by atoms with van der Waals surface area (Å²) in [5.41, 5.74) is 7.50. The maximum Gasteiger partial charge on any atom is 0.258 e. The van der Waals surface area contributed by atoms with Gasteiger partial charge in [-0.1, -0.05) is 42.1 Å². The zero-order valence-electron chi connectivity index (χ0n) is 15.4. The minimum atomic E-state index is -0.590. The maximum atomic E-state index is 13.0. The molecule has 0 unspecified atom stereocenters. The van der Waals surface area contributed by atoms with Crippen LogP contribution in [0.4, 0.5) is 0 Å². The molecule has 2 heterocycles. The molecule has 0 atom stereocenters. The van der Waals surface area contributed by atoms with Crippen molar-refractivity contribution in [1.82, 2.24) is 14.5 Å². The second-order valence-electron chi connectivity index (χ2n) is 6.08. The standard InChI is InChI=1S/C20H20N4O3S/c1-27-18-10-15(7-8-22-18)9-16-11-23-20(24(19(16)26)12-17(21)25)28-13-14-5-3-2-4-6-14/h2-8,10-11H,9,12-13H2,1H3,(H2,21,25). The molecule has 2 N–H and O–H groups in total. The fraction of sp³-hybridized carbons (Fsp3) is 0.200. The van der Waals surface area contributed by atoms with E-state index in [0.717, 1.165) is 11.1 Å². The van der Waals surface area contributed by atoms with E-state index >= 15 is 0 Å². The zero-order valence-corrected chi connectivity index (χ0v) is 16.2. The van der Waals surface area contributed by atoms with Crippen molar-refractivity contribution in [2.45, 2.75) is 23.9 Å². The van der Waals surface area contributed by atoms with Gasteiger partial charge in [0.2, 0.25) is 11.8 Å². The number of aromatic nitrogens is 3. The summed E-state index contributed by atoms with van der Waals surface area (Å²) in [6.07, 6.45) is 3.53. The van der Waals surface area contributed by atoms with E-state index in [2.05, 4.69) is 9.97 Å². The summed E-state index contributed by atoms with van der Waals surface area (Å²) in [5, 5.41) is 0.462. The quantitative estimate of drug-likeness (QED) is 0.462. The minimum Gasteiger partial charge on any atom is -0.481 e. The molecule has 7 nitrogen and oxygen atoms in total. The number of ether oxygens (including phenoxy) is 1. The summed E-state index contributed by atoms with van der Waals surface area (Å²) >= 11 is 1.39. The highest BCUT2D eigenvalue weighted by Gasteiger charge is 2.14. The van der Waals surface area contributed by atoms with Crippen molar-refractivity contribution in [3.63, 3.8) is 0 Å². The molecule has 2 aromatic heterocycles. The predicted molar refractivity (Wildman–Crippen MR) is 107 cm³/mol. The van der Waals surface area contributed by atoms with Crippen LogP contribution < -0.4 is 16.0 Å². The summed E-state index contributed by atoms with van der Waals surface area (Å²) in [7, 11) is 1.53. The molecule has 3 aromatic rings. The number of hydrogen-bond acceptors (Lipinski definition) is 6. The molecule has 0 fully saturated rings. The lowest BCUT2D eigenvalue weighted by molar-refractivity contribution is -0.118. The van der Waals surface area contributed by atoms with E-state index in [1.54, 1.807) is 24.5 Å². The van der Waals surface area contributed by atoms with Gasteiger partial charge in [-0.15, -0.1) is 0 Å². The van der Waals surface area contributed by atoms with E-state index in [4.69, 9.17) is 10.5 Å². The first kappa shape index (κ1) is 19.6. The number of thioether (sulfide) groups is 1. The molecule has 0 aliphatic carbocycles. The van der Waals surface area contributed by atoms with Gasteiger partial charge in [0.05, 0.1) is 7.11 Å². The molecule has 8 heteroatoms. The molecule has 0 aliphatic heterocycles. The first-order valence-electron chi connectivity index (χ1n) is 8.59. The average Bonchev–Trinajstić information content (AvgIpc) is 2.71. The van der Waals surface area contributed by atoms with Gasteiger partial charge < -0.3 is 10.5 Å². The highest BCUT2D eigenvalue weighted by atomic mass is 32.2. The molecule has 0 radical (unpaired) electrons. The van der Waals surface area contributed by atoms with Crippen molar-refractivity contribution in [2.24, 2.45) is 5.73 Å². The molecule has 0 saturated carbocycles. The Labute approximate surface area is 166 Å². The Kier molecular flexibility index (Phi) is 6.44. The molecule has 1 aromatic carbocycles. The molecule has 0 aliphatic rings. The lowest BCUT2D eigenvalue weighted by atomic mass is 10.1. The number of methoxy groups -OCH3 is 1. The van der Waals surface area contributed by atoms with Crippen LogP contribution >= 0.6 is 11.8 Å². The summed E-state index contributed by atoms with van der Waals surface area (Å²) in [6.45, 7) is -0.212. The van der Waals surface area contributed by atoms with Gasteiger partial charge in [-0.25, -0.2) is 9.97 Å². The van der Waals surface area contributed by atoms with Crippen LogP contribution in [0.1, 0.15) is 16.7 Å². The summed E-state index contributed by atoms with van der Waals surface area (Å²) < 4.78 is 6.45. The van der Waals surface area contributed by atoms with E-state index in [1.807, 2.05) is 30.3 Å². The Morgan fingerprint density at radius 1 is 1.18 bits per heavy atom. The Bertz CT molecular complexity index is 1020. The normalized spacial score (nSPS) is 10.6. The second kappa shape index (κ2) is 9.18. The van der Waals surface area contributed by atoms with Crippen LogP contribution in [0.25, 0.3) is 0 Å². The Hall–Kier alpha value is -3.13. The Morgan fingerprint density at radius 3 is 2.68 bits per heavy atom. The lowest BCUT2D eigenvalue weighted by Gasteiger charge is -2.12. The molecular formula is C20H20N4O3S. The highest BCUT2D eigenvalue weighted by Crippen LogP contribution is 2.20. The van der Waals surface area contributed by atoms with Crippen LogP contribution in [0, 0.1) is 0 Å². The first-order valence-corrected chi connectivity index (χ1v) is 9.58. The third kappa shape index (κ3) is 4.98. The lowest BCUT2D eigenvalue weighted by Crippen LogP contribution is -2.32. The molecule has 28 heavy (non-hydrogen) atoms. The van der Waals surface area contributed by atoms with Crippen molar-refractivity contribution in [3.05, 3.63) is 81.9 Å². The van der Waals surface area contributed by atoms with Crippen LogP contribution in [0.5, 0.6) is 5.88 Å². The molecule has 1 amide bonds. The van der Waals surface area contributed by atoms with Crippen molar-refractivity contribution < 1.29 is 9.53 Å². The SMILES string of the molecule is COc1cc(Cc2cnc(SCc3ccccc3)n(CC(N)=O)c2=O)ccn1. The van der Waals surface area contributed by atoms with E-state index < -0.39 is 5.91 Å². The third-order valence-electron chi connectivity index (χ3n) is 4.01. The monoisotopic (exact) mass is 396 g/mol. The Morgan fingerprint density at radius 2 is 1.96 bits per heavy atom. The van der Waals surface area contributed by atoms with Gasteiger partial charge in [0.1, 0.15) is 6.54 Å². The molecule has 3 rings (SSSR count). The van der Waals surface area contributed by atoms with Gasteiger partial charge in [-0.2, -0.15) is 0 Å². The molecule has 0 spiro atoms. The minimum absolute atomic E-state index is 0.212. The van der Waals surface area contributed by atoms with E-state index in [0.29, 0.717) is 28.8 Å². The van der Waals surface area contributed by atoms with E-state index in [-0.39, 0.29) is 12.1 Å². The number of nitrogens with two attached hydrogens (primary N) is 1. The van der Waals surface area contributed by atoms with Crippen LogP contribution in [-0.4, -0.2) is 27.6 Å². The number of carbonyl (C=O) groups excluding carboxylic acids is 1. The third-order valence-corrected chi connectivity index (χ3v) is 5.07. The molecule has 144 valence electrons. The van der Waals surface area contributed by atoms with Crippen molar-refractivity contribution in [1.29, 1.82) is 0 Å². The number of carbonyl (C=O) groups is 1. The van der Waals surface area contributed by atoms with Crippen LogP contribution in [0.2, 0.25) is 0 Å². The molecule has 0 bridgehead atoms. The maximum absolute atomic E-state index is 13.0. The largest absolute Gasteiger partial charge is 0.481 e. The van der Waals surface area contributed by atoms with Crippen LogP contribution in [-0.2, 0) is 23.5 Å². The Balaban J connectivity index is 1.88. The average molecular weight is 396 g/mol. The van der Waals surface area contributed by atoms with E-state index in [1.165, 1.54) is 23.4 Å². The summed E-state index contributed by atoms with van der Waals surface area (Å²) in [6, 6.07) is 13.4. The number of benzene rings is 1. The fourth-order valence-electron chi connectivity index (χ4n) is 2.66. The topological polar surface area (TPSA) is 100 Å². The molecular weight excluding hydrogens is 376 g/mol. The number of primary amides is 1. The van der Waals surface area contributed by atoms with Gasteiger partial charge in [-0.05, 0) is 17.2 Å². The van der Waals surface area contributed by atoms with Gasteiger partial charge >= 0.3 is 0 Å². The molecule has 0 saturated heterocycles. The van der Waals surface area contributed by atoms with Crippen molar-refractivity contribution in [2.75, 3.05) is 7.11 Å². The first-order chi connectivity index (χ1) is 13.6. The zero-order chi connectivity index (χ0) is 19.9. The second-order valence-corrected chi connectivity index (χ2v) is 7.02. The summed E-state index contributed by atoms with van der Waals surface area (Å²) in [4.78, 5) is 32.9. The van der Waals surface area contributed by atoms with Crippen molar-refractivity contribution >= 4 is 17.7 Å². The van der Waals surface area contributed by atoms with E-state index in [9.17, 15) is 9.59 Å².